The molecular formula is C20H25N7O. The van der Waals surface area contributed by atoms with Gasteiger partial charge in [0.2, 0.25) is 5.95 Å². The van der Waals surface area contributed by atoms with Crippen LogP contribution in [0.4, 0.5) is 11.8 Å². The second kappa shape index (κ2) is 8.98. The average molecular weight is 379 g/mol. The first kappa shape index (κ1) is 19.3. The number of aryl methyl sites for hydroxylation is 2. The zero-order valence-corrected chi connectivity index (χ0v) is 16.4. The van der Waals surface area contributed by atoms with Crippen LogP contribution in [0.3, 0.4) is 0 Å². The fourth-order valence-corrected chi connectivity index (χ4v) is 2.79. The monoisotopic (exact) mass is 379 g/mol. The summed E-state index contributed by atoms with van der Waals surface area (Å²) < 4.78 is 1.59. The molecule has 2 aromatic heterocycles. The first-order valence-electron chi connectivity index (χ1n) is 9.28. The van der Waals surface area contributed by atoms with Gasteiger partial charge in [0.15, 0.2) is 0 Å². The van der Waals surface area contributed by atoms with E-state index in [9.17, 15) is 4.79 Å². The van der Waals surface area contributed by atoms with Gasteiger partial charge in [0.25, 0.3) is 5.91 Å². The van der Waals surface area contributed by atoms with Crippen molar-refractivity contribution in [1.29, 1.82) is 0 Å². The molecule has 0 radical (unpaired) electrons. The van der Waals surface area contributed by atoms with Crippen molar-refractivity contribution in [3.8, 4) is 11.3 Å². The van der Waals surface area contributed by atoms with Crippen LogP contribution in [0.5, 0.6) is 0 Å². The maximum Gasteiger partial charge on any atom is 0.269 e. The van der Waals surface area contributed by atoms with Crippen molar-refractivity contribution < 1.29 is 4.79 Å². The fourth-order valence-electron chi connectivity index (χ4n) is 2.79. The number of hydrogen-bond acceptors (Lipinski definition) is 6. The van der Waals surface area contributed by atoms with Gasteiger partial charge in [-0.3, -0.25) is 9.48 Å². The molecule has 3 N–H and O–H groups in total. The molecule has 0 fully saturated rings. The Morgan fingerprint density at radius 2 is 1.86 bits per heavy atom. The van der Waals surface area contributed by atoms with Gasteiger partial charge in [-0.25, -0.2) is 4.98 Å². The van der Waals surface area contributed by atoms with Gasteiger partial charge >= 0.3 is 0 Å². The second-order valence-electron chi connectivity index (χ2n) is 6.34. The Hall–Kier alpha value is -3.42. The van der Waals surface area contributed by atoms with E-state index < -0.39 is 0 Å². The van der Waals surface area contributed by atoms with Crippen molar-refractivity contribution >= 4 is 17.7 Å². The zero-order valence-electron chi connectivity index (χ0n) is 16.4. The van der Waals surface area contributed by atoms with Crippen molar-refractivity contribution in [1.82, 2.24) is 25.1 Å². The van der Waals surface area contributed by atoms with E-state index in [0.717, 1.165) is 29.3 Å². The van der Waals surface area contributed by atoms with Crippen molar-refractivity contribution in [2.75, 3.05) is 30.3 Å². The van der Waals surface area contributed by atoms with Gasteiger partial charge < -0.3 is 16.0 Å². The lowest BCUT2D eigenvalue weighted by molar-refractivity contribution is 0.0946. The van der Waals surface area contributed by atoms with Gasteiger partial charge in [0.05, 0.1) is 5.69 Å². The highest BCUT2D eigenvalue weighted by Crippen LogP contribution is 2.18. The molecule has 0 aliphatic heterocycles. The van der Waals surface area contributed by atoms with Crippen molar-refractivity contribution in [2.45, 2.75) is 13.8 Å². The molecule has 8 nitrogen and oxygen atoms in total. The minimum absolute atomic E-state index is 0.169. The summed E-state index contributed by atoms with van der Waals surface area (Å²) in [5, 5.41) is 13.6. The fraction of sp³-hybridized carbons (Fsp3) is 0.300. The normalized spacial score (nSPS) is 10.5. The number of benzene rings is 1. The molecule has 28 heavy (non-hydrogen) atoms. The number of nitrogens with one attached hydrogen (secondary N) is 3. The Balaban J connectivity index is 1.55. The predicted molar refractivity (Wildman–Crippen MR) is 110 cm³/mol. The SMILES string of the molecule is CCNc1cc(C)nc(NCCNC(=O)c2cc(-c3ccccc3)nn2C)n1. The Morgan fingerprint density at radius 1 is 1.07 bits per heavy atom. The van der Waals surface area contributed by atoms with E-state index in [1.807, 2.05) is 50.2 Å². The summed E-state index contributed by atoms with van der Waals surface area (Å²) in [5.41, 5.74) is 3.14. The van der Waals surface area contributed by atoms with Crippen LogP contribution >= 0.6 is 0 Å². The van der Waals surface area contributed by atoms with Crippen LogP contribution in [0.2, 0.25) is 0 Å². The summed E-state index contributed by atoms with van der Waals surface area (Å²) in [6, 6.07) is 13.5. The van der Waals surface area contributed by atoms with Gasteiger partial charge in [-0.05, 0) is 19.9 Å². The molecule has 2 heterocycles. The van der Waals surface area contributed by atoms with E-state index in [0.29, 0.717) is 24.7 Å². The number of amides is 1. The molecule has 0 aliphatic rings. The number of hydrogen-bond donors (Lipinski definition) is 3. The maximum atomic E-state index is 12.5. The Labute approximate surface area is 164 Å². The van der Waals surface area contributed by atoms with Crippen LogP contribution in [0.25, 0.3) is 11.3 Å². The molecule has 146 valence electrons. The van der Waals surface area contributed by atoms with E-state index in [4.69, 9.17) is 0 Å². The largest absolute Gasteiger partial charge is 0.370 e. The number of rotatable bonds is 8. The average Bonchev–Trinajstić information content (AvgIpc) is 3.07. The third-order valence-corrected chi connectivity index (χ3v) is 4.09. The molecule has 0 atom stereocenters. The van der Waals surface area contributed by atoms with Gasteiger partial charge in [-0.1, -0.05) is 30.3 Å². The molecule has 1 amide bonds. The standard InChI is InChI=1S/C20H25N7O/c1-4-21-18-12-14(2)24-20(25-18)23-11-10-22-19(28)17-13-16(26-27(17)3)15-8-6-5-7-9-15/h5-9,12-13H,4,10-11H2,1-3H3,(H,22,28)(H2,21,23,24,25). The van der Waals surface area contributed by atoms with E-state index in [2.05, 4.69) is 31.0 Å². The summed E-state index contributed by atoms with van der Waals surface area (Å²) in [5.74, 6) is 1.15. The molecule has 0 saturated carbocycles. The van der Waals surface area contributed by atoms with Crippen molar-refractivity contribution in [3.05, 3.63) is 53.9 Å². The van der Waals surface area contributed by atoms with Crippen LogP contribution in [-0.2, 0) is 7.05 Å². The van der Waals surface area contributed by atoms with Crippen LogP contribution in [0.1, 0.15) is 23.1 Å². The Morgan fingerprint density at radius 3 is 2.61 bits per heavy atom. The summed E-state index contributed by atoms with van der Waals surface area (Å²) >= 11 is 0. The van der Waals surface area contributed by atoms with E-state index in [1.54, 1.807) is 17.8 Å². The highest BCUT2D eigenvalue weighted by Gasteiger charge is 2.13. The van der Waals surface area contributed by atoms with Gasteiger partial charge in [0.1, 0.15) is 11.5 Å². The molecule has 0 bridgehead atoms. The molecule has 3 aromatic rings. The molecule has 0 saturated heterocycles. The number of aromatic nitrogens is 4. The minimum Gasteiger partial charge on any atom is -0.370 e. The van der Waals surface area contributed by atoms with E-state index in [-0.39, 0.29) is 5.91 Å². The van der Waals surface area contributed by atoms with Gasteiger partial charge in [-0.15, -0.1) is 0 Å². The van der Waals surface area contributed by atoms with Gasteiger partial charge in [0, 0.05) is 44.0 Å². The summed E-state index contributed by atoms with van der Waals surface area (Å²) in [7, 11) is 1.77. The van der Waals surface area contributed by atoms with Crippen LogP contribution in [0, 0.1) is 6.92 Å². The van der Waals surface area contributed by atoms with Crippen molar-refractivity contribution in [2.24, 2.45) is 7.05 Å². The first-order valence-corrected chi connectivity index (χ1v) is 9.28. The molecule has 0 unspecified atom stereocenters. The Bertz CT molecular complexity index is 937. The number of nitrogens with zero attached hydrogens (tertiary/aromatic N) is 4. The maximum absolute atomic E-state index is 12.5. The molecule has 0 aliphatic carbocycles. The predicted octanol–water partition coefficient (Wildman–Crippen LogP) is 2.46. The third-order valence-electron chi connectivity index (χ3n) is 4.09. The number of anilines is 2. The molecule has 3 rings (SSSR count). The molecule has 1 aromatic carbocycles. The topological polar surface area (TPSA) is 96.8 Å². The van der Waals surface area contributed by atoms with Gasteiger partial charge in [-0.2, -0.15) is 10.1 Å². The summed E-state index contributed by atoms with van der Waals surface area (Å²) in [4.78, 5) is 21.2. The minimum atomic E-state index is -0.169. The molecule has 8 heteroatoms. The lowest BCUT2D eigenvalue weighted by Crippen LogP contribution is -2.30. The Kier molecular flexibility index (Phi) is 6.21. The van der Waals surface area contributed by atoms with E-state index >= 15 is 0 Å². The lowest BCUT2D eigenvalue weighted by Gasteiger charge is -2.09. The molecule has 0 spiro atoms. The first-order chi connectivity index (χ1) is 13.6. The number of carbonyl (C=O) groups excluding carboxylic acids is 1. The van der Waals surface area contributed by atoms with Crippen LogP contribution < -0.4 is 16.0 Å². The lowest BCUT2D eigenvalue weighted by atomic mass is 10.1. The number of carbonyl (C=O) groups is 1. The van der Waals surface area contributed by atoms with Crippen molar-refractivity contribution in [3.63, 3.8) is 0 Å². The highest BCUT2D eigenvalue weighted by molar-refractivity contribution is 5.93. The molecular weight excluding hydrogens is 354 g/mol. The van der Waals surface area contributed by atoms with Crippen LogP contribution in [0.15, 0.2) is 42.5 Å². The second-order valence-corrected chi connectivity index (χ2v) is 6.34. The van der Waals surface area contributed by atoms with Crippen LogP contribution in [-0.4, -0.2) is 45.3 Å². The third kappa shape index (κ3) is 4.85. The quantitative estimate of drug-likeness (QED) is 0.520. The highest BCUT2D eigenvalue weighted by atomic mass is 16.2. The summed E-state index contributed by atoms with van der Waals surface area (Å²) in [6.45, 7) is 5.69. The summed E-state index contributed by atoms with van der Waals surface area (Å²) in [6.07, 6.45) is 0. The zero-order chi connectivity index (χ0) is 19.9. The smallest absolute Gasteiger partial charge is 0.269 e. The van der Waals surface area contributed by atoms with E-state index in [1.165, 1.54) is 0 Å².